The van der Waals surface area contributed by atoms with E-state index in [0.717, 1.165) is 24.5 Å². The molecule has 8 heteroatoms. The summed E-state index contributed by atoms with van der Waals surface area (Å²) in [4.78, 5) is 2.54. The van der Waals surface area contributed by atoms with Gasteiger partial charge >= 0.3 is 0 Å². The standard InChI is InChI=1S/C30H48N4O3S/c1-3-5-7-9-11-13-23-34(24-14-12-10-8-6-4-2)30-18-16-28(17-19-30)31-32-29-20-25-33(26-21-29)22-15-27-38(35,36)37/h16-21,25-26H,3-15,22-24,27H2,1-2H3. The van der Waals surface area contributed by atoms with Crippen molar-refractivity contribution in [1.82, 2.24) is 0 Å². The molecule has 0 spiro atoms. The van der Waals surface area contributed by atoms with Gasteiger partial charge in [-0.2, -0.15) is 10.2 Å². The normalized spacial score (nSPS) is 11.9. The SMILES string of the molecule is CCCCCCCCN(CCCCCCCC)c1ccc(N=Nc2cc[n+](CCCS(=O)(=O)[O-])cc2)cc1. The van der Waals surface area contributed by atoms with Gasteiger partial charge in [0, 0.05) is 43.1 Å². The molecule has 0 unspecified atom stereocenters. The summed E-state index contributed by atoms with van der Waals surface area (Å²) in [5.74, 6) is -0.354. The minimum absolute atomic E-state index is 0.290. The molecule has 0 fully saturated rings. The molecule has 2 rings (SSSR count). The number of anilines is 1. The Hall–Kier alpha value is -2.32. The molecule has 212 valence electrons. The van der Waals surface area contributed by atoms with E-state index in [2.05, 4.69) is 41.1 Å². The highest BCUT2D eigenvalue weighted by Crippen LogP contribution is 2.23. The second-order valence-electron chi connectivity index (χ2n) is 10.1. The number of unbranched alkanes of at least 4 members (excludes halogenated alkanes) is 10. The van der Waals surface area contributed by atoms with Gasteiger partial charge in [-0.15, -0.1) is 0 Å². The van der Waals surface area contributed by atoms with E-state index in [1.807, 2.05) is 41.2 Å². The molecular weight excluding hydrogens is 496 g/mol. The summed E-state index contributed by atoms with van der Waals surface area (Å²) >= 11 is 0. The smallest absolute Gasteiger partial charge is 0.171 e. The van der Waals surface area contributed by atoms with E-state index in [4.69, 9.17) is 0 Å². The van der Waals surface area contributed by atoms with E-state index >= 15 is 0 Å². The lowest BCUT2D eigenvalue weighted by atomic mass is 10.1. The molecule has 0 amide bonds. The van der Waals surface area contributed by atoms with Gasteiger partial charge in [0.1, 0.15) is 6.54 Å². The summed E-state index contributed by atoms with van der Waals surface area (Å²) in [6.45, 7) is 7.20. The van der Waals surface area contributed by atoms with Gasteiger partial charge in [-0.05, 0) is 37.1 Å². The van der Waals surface area contributed by atoms with E-state index in [0.29, 0.717) is 13.0 Å². The summed E-state index contributed by atoms with van der Waals surface area (Å²) < 4.78 is 34.1. The van der Waals surface area contributed by atoms with Crippen molar-refractivity contribution >= 4 is 27.2 Å². The molecule has 7 nitrogen and oxygen atoms in total. The summed E-state index contributed by atoms with van der Waals surface area (Å²) in [7, 11) is -4.17. The van der Waals surface area contributed by atoms with Gasteiger partial charge < -0.3 is 9.45 Å². The number of rotatable bonds is 21. The van der Waals surface area contributed by atoms with Gasteiger partial charge in [-0.25, -0.2) is 13.0 Å². The van der Waals surface area contributed by atoms with Gasteiger partial charge in [-0.1, -0.05) is 78.1 Å². The Labute approximate surface area is 231 Å². The first-order valence-electron chi connectivity index (χ1n) is 14.6. The molecule has 2 aromatic rings. The van der Waals surface area contributed by atoms with Crippen LogP contribution in [0.2, 0.25) is 0 Å². The number of nitrogens with zero attached hydrogens (tertiary/aromatic N) is 4. The molecule has 1 aromatic heterocycles. The molecule has 1 heterocycles. The Morgan fingerprint density at radius 3 is 1.66 bits per heavy atom. The summed E-state index contributed by atoms with van der Waals surface area (Å²) in [6, 6.07) is 12.0. The number of hydrogen-bond acceptors (Lipinski definition) is 6. The first-order chi connectivity index (χ1) is 18.4. The highest BCUT2D eigenvalue weighted by molar-refractivity contribution is 7.85. The molecule has 0 saturated carbocycles. The fourth-order valence-corrected chi connectivity index (χ4v) is 4.95. The van der Waals surface area contributed by atoms with Crippen LogP contribution in [0, 0.1) is 0 Å². The van der Waals surface area contributed by atoms with Crippen molar-refractivity contribution in [3.05, 3.63) is 48.8 Å². The Morgan fingerprint density at radius 2 is 1.16 bits per heavy atom. The number of benzene rings is 1. The van der Waals surface area contributed by atoms with E-state index < -0.39 is 10.1 Å². The van der Waals surface area contributed by atoms with E-state index in [1.54, 1.807) is 0 Å². The maximum absolute atomic E-state index is 10.7. The molecule has 1 aromatic carbocycles. The van der Waals surface area contributed by atoms with Crippen molar-refractivity contribution in [3.8, 4) is 0 Å². The van der Waals surface area contributed by atoms with Crippen molar-refractivity contribution in [2.24, 2.45) is 10.2 Å². The van der Waals surface area contributed by atoms with Crippen LogP contribution >= 0.6 is 0 Å². The minimum Gasteiger partial charge on any atom is -0.748 e. The molecule has 0 atom stereocenters. The fourth-order valence-electron chi connectivity index (χ4n) is 4.47. The zero-order valence-electron chi connectivity index (χ0n) is 23.6. The van der Waals surface area contributed by atoms with Gasteiger partial charge in [0.2, 0.25) is 0 Å². The monoisotopic (exact) mass is 544 g/mol. The molecule has 0 saturated heterocycles. The number of azo groups is 1. The molecule has 0 N–H and O–H groups in total. The predicted molar refractivity (Wildman–Crippen MR) is 155 cm³/mol. The third kappa shape index (κ3) is 14.6. The van der Waals surface area contributed by atoms with E-state index in [-0.39, 0.29) is 5.75 Å². The summed E-state index contributed by atoms with van der Waals surface area (Å²) in [6.07, 6.45) is 19.6. The third-order valence-corrected chi connectivity index (χ3v) is 7.53. The van der Waals surface area contributed by atoms with Crippen molar-refractivity contribution < 1.29 is 17.5 Å². The summed E-state index contributed by atoms with van der Waals surface area (Å²) in [5.41, 5.74) is 2.78. The van der Waals surface area contributed by atoms with Crippen LogP contribution in [-0.4, -0.2) is 31.8 Å². The Kier molecular flexibility index (Phi) is 15.8. The second-order valence-corrected chi connectivity index (χ2v) is 11.7. The third-order valence-electron chi connectivity index (χ3n) is 6.74. The van der Waals surface area contributed by atoms with Crippen LogP contribution in [0.15, 0.2) is 59.0 Å². The Bertz CT molecular complexity index is 993. The van der Waals surface area contributed by atoms with Crippen LogP contribution in [0.3, 0.4) is 0 Å². The Morgan fingerprint density at radius 1 is 0.684 bits per heavy atom. The van der Waals surface area contributed by atoms with Gasteiger partial charge in [0.25, 0.3) is 0 Å². The lowest BCUT2D eigenvalue weighted by Gasteiger charge is -2.25. The molecule has 0 aliphatic rings. The minimum atomic E-state index is -4.17. The van der Waals surface area contributed by atoms with E-state index in [9.17, 15) is 13.0 Å². The molecule has 0 aliphatic carbocycles. The first kappa shape index (κ1) is 31.9. The number of hydrogen-bond donors (Lipinski definition) is 0. The van der Waals surface area contributed by atoms with Gasteiger partial charge in [-0.3, -0.25) is 0 Å². The molecular formula is C30H48N4O3S. The molecule has 0 bridgehead atoms. The number of pyridine rings is 1. The molecule has 0 radical (unpaired) electrons. The van der Waals surface area contributed by atoms with Crippen LogP contribution in [-0.2, 0) is 16.7 Å². The Balaban J connectivity index is 1.89. The van der Waals surface area contributed by atoms with Crippen LogP contribution < -0.4 is 9.47 Å². The number of aryl methyl sites for hydroxylation is 1. The topological polar surface area (TPSA) is 89.0 Å². The highest BCUT2D eigenvalue weighted by atomic mass is 32.2. The van der Waals surface area contributed by atoms with Crippen LogP contribution in [0.1, 0.15) is 97.3 Å². The lowest BCUT2D eigenvalue weighted by molar-refractivity contribution is -0.696. The van der Waals surface area contributed by atoms with Crippen molar-refractivity contribution in [3.63, 3.8) is 0 Å². The molecule has 0 aliphatic heterocycles. The van der Waals surface area contributed by atoms with Crippen molar-refractivity contribution in [2.75, 3.05) is 23.7 Å². The average molecular weight is 545 g/mol. The van der Waals surface area contributed by atoms with E-state index in [1.165, 1.54) is 82.7 Å². The van der Waals surface area contributed by atoms with Crippen molar-refractivity contribution in [1.29, 1.82) is 0 Å². The van der Waals surface area contributed by atoms with Crippen LogP contribution in [0.4, 0.5) is 17.1 Å². The van der Waals surface area contributed by atoms with Gasteiger partial charge in [0.05, 0.1) is 21.5 Å². The maximum Gasteiger partial charge on any atom is 0.171 e. The van der Waals surface area contributed by atoms with Crippen LogP contribution in [0.25, 0.3) is 0 Å². The number of aromatic nitrogens is 1. The van der Waals surface area contributed by atoms with Crippen molar-refractivity contribution in [2.45, 2.75) is 104 Å². The average Bonchev–Trinajstić information content (AvgIpc) is 2.90. The van der Waals surface area contributed by atoms with Crippen LogP contribution in [0.5, 0.6) is 0 Å². The predicted octanol–water partition coefficient (Wildman–Crippen LogP) is 7.85. The summed E-state index contributed by atoms with van der Waals surface area (Å²) in [5, 5.41) is 8.72. The maximum atomic E-state index is 10.7. The largest absolute Gasteiger partial charge is 0.748 e. The first-order valence-corrected chi connectivity index (χ1v) is 16.2. The van der Waals surface area contributed by atoms with Gasteiger partial charge in [0.15, 0.2) is 12.4 Å². The molecule has 38 heavy (non-hydrogen) atoms. The lowest BCUT2D eigenvalue weighted by Crippen LogP contribution is -2.33. The highest BCUT2D eigenvalue weighted by Gasteiger charge is 2.07. The zero-order chi connectivity index (χ0) is 27.5. The second kappa shape index (κ2) is 18.9. The fraction of sp³-hybridized carbons (Fsp3) is 0.633. The quantitative estimate of drug-likeness (QED) is 0.0692. The zero-order valence-corrected chi connectivity index (χ0v) is 24.4.